The minimum atomic E-state index is -0.492. The third-order valence-electron chi connectivity index (χ3n) is 4.23. The first-order valence-corrected chi connectivity index (χ1v) is 8.65. The van der Waals surface area contributed by atoms with Gasteiger partial charge in [-0.3, -0.25) is 4.79 Å². The van der Waals surface area contributed by atoms with Crippen LogP contribution in [0.15, 0.2) is 60.9 Å². The van der Waals surface area contributed by atoms with E-state index in [4.69, 9.17) is 14.7 Å². The lowest BCUT2D eigenvalue weighted by Crippen LogP contribution is -2.34. The van der Waals surface area contributed by atoms with Crippen molar-refractivity contribution in [2.45, 2.75) is 6.04 Å². The number of carbonyl (C=O) groups is 1. The molecule has 28 heavy (non-hydrogen) atoms. The Kier molecular flexibility index (Phi) is 5.92. The molecule has 1 N–H and O–H groups in total. The maximum Gasteiger partial charge on any atom is 0.258 e. The van der Waals surface area contributed by atoms with Gasteiger partial charge in [0.25, 0.3) is 5.91 Å². The van der Waals surface area contributed by atoms with Crippen molar-refractivity contribution in [3.63, 3.8) is 0 Å². The number of ether oxygens (including phenoxy) is 2. The third-order valence-corrected chi connectivity index (χ3v) is 4.23. The number of nitriles is 1. The molecule has 7 heteroatoms. The van der Waals surface area contributed by atoms with Gasteiger partial charge in [0.2, 0.25) is 0 Å². The van der Waals surface area contributed by atoms with E-state index in [9.17, 15) is 4.79 Å². The smallest absolute Gasteiger partial charge is 0.258 e. The molecule has 0 saturated carbocycles. The van der Waals surface area contributed by atoms with E-state index in [0.717, 1.165) is 5.56 Å². The number of carbonyl (C=O) groups excluding carboxylic acids is 1. The summed E-state index contributed by atoms with van der Waals surface area (Å²) in [7, 11) is 3.45. The number of rotatable bonds is 7. The molecule has 1 aromatic heterocycles. The molecule has 3 aromatic rings. The van der Waals surface area contributed by atoms with Crippen LogP contribution in [0.3, 0.4) is 0 Å². The number of para-hydroxylation sites is 1. The lowest BCUT2D eigenvalue weighted by atomic mass is 10.0. The van der Waals surface area contributed by atoms with Crippen LogP contribution in [0, 0.1) is 11.3 Å². The van der Waals surface area contributed by atoms with Crippen LogP contribution in [0.4, 0.5) is 0 Å². The molecular formula is C21H20N4O3. The molecule has 1 unspecified atom stereocenters. The predicted molar refractivity (Wildman–Crippen MR) is 103 cm³/mol. The minimum absolute atomic E-state index is 0.165. The fraction of sp³-hybridized carbons (Fsp3) is 0.190. The van der Waals surface area contributed by atoms with E-state index < -0.39 is 6.04 Å². The first-order valence-electron chi connectivity index (χ1n) is 8.65. The Morgan fingerprint density at radius 2 is 2.00 bits per heavy atom. The number of amides is 1. The summed E-state index contributed by atoms with van der Waals surface area (Å²) in [4.78, 5) is 16.9. The highest BCUT2D eigenvalue weighted by atomic mass is 16.5. The molecule has 1 heterocycles. The number of hydrogen-bond acceptors (Lipinski definition) is 5. The molecule has 7 nitrogen and oxygen atoms in total. The van der Waals surface area contributed by atoms with Gasteiger partial charge in [-0.1, -0.05) is 18.2 Å². The minimum Gasteiger partial charge on any atom is -0.496 e. The Morgan fingerprint density at radius 1 is 1.25 bits per heavy atom. The number of benzene rings is 2. The Morgan fingerprint density at radius 3 is 2.64 bits per heavy atom. The molecule has 0 spiro atoms. The van der Waals surface area contributed by atoms with E-state index in [1.54, 1.807) is 37.6 Å². The zero-order chi connectivity index (χ0) is 19.9. The number of aromatic nitrogens is 2. The van der Waals surface area contributed by atoms with Crippen LogP contribution in [0.2, 0.25) is 0 Å². The summed E-state index contributed by atoms with van der Waals surface area (Å²) in [6.45, 7) is -0.165. The van der Waals surface area contributed by atoms with Gasteiger partial charge in [0.1, 0.15) is 23.4 Å². The number of methoxy groups -OCH3 is 1. The molecule has 0 radical (unpaired) electrons. The first kappa shape index (κ1) is 19.0. The third kappa shape index (κ3) is 4.30. The number of nitrogens with one attached hydrogen (secondary N) is 1. The SMILES string of the molecule is COc1ccccc1C(NC(=O)COc1ccc(C#N)cc1)c1nccn1C. The molecule has 3 rings (SSSR count). The van der Waals surface area contributed by atoms with Gasteiger partial charge in [0, 0.05) is 25.0 Å². The largest absolute Gasteiger partial charge is 0.496 e. The molecule has 0 bridgehead atoms. The van der Waals surface area contributed by atoms with Crippen molar-refractivity contribution in [3.8, 4) is 17.6 Å². The van der Waals surface area contributed by atoms with E-state index in [2.05, 4.69) is 10.3 Å². The second kappa shape index (κ2) is 8.73. The average Bonchev–Trinajstić information content (AvgIpc) is 3.16. The van der Waals surface area contributed by atoms with Crippen molar-refractivity contribution in [1.29, 1.82) is 5.26 Å². The normalized spacial score (nSPS) is 11.3. The van der Waals surface area contributed by atoms with Crippen molar-refractivity contribution < 1.29 is 14.3 Å². The van der Waals surface area contributed by atoms with Gasteiger partial charge in [-0.2, -0.15) is 5.26 Å². The summed E-state index contributed by atoms with van der Waals surface area (Å²) in [6, 6.07) is 15.6. The zero-order valence-corrected chi connectivity index (χ0v) is 15.6. The topological polar surface area (TPSA) is 89.2 Å². The highest BCUT2D eigenvalue weighted by molar-refractivity contribution is 5.78. The molecule has 0 aliphatic heterocycles. The second-order valence-corrected chi connectivity index (χ2v) is 6.06. The number of nitrogens with zero attached hydrogens (tertiary/aromatic N) is 3. The van der Waals surface area contributed by atoms with Crippen molar-refractivity contribution in [2.24, 2.45) is 7.05 Å². The van der Waals surface area contributed by atoms with Crippen LogP contribution in [0.25, 0.3) is 0 Å². The number of aryl methyl sites for hydroxylation is 1. The predicted octanol–water partition coefficient (Wildman–Crippen LogP) is 2.58. The van der Waals surface area contributed by atoms with Crippen molar-refractivity contribution in [3.05, 3.63) is 77.9 Å². The Labute approximate surface area is 163 Å². The fourth-order valence-corrected chi connectivity index (χ4v) is 2.82. The van der Waals surface area contributed by atoms with Crippen LogP contribution in [0.5, 0.6) is 11.5 Å². The van der Waals surface area contributed by atoms with Crippen LogP contribution in [-0.2, 0) is 11.8 Å². The van der Waals surface area contributed by atoms with Gasteiger partial charge >= 0.3 is 0 Å². The molecule has 1 amide bonds. The van der Waals surface area contributed by atoms with E-state index in [1.165, 1.54) is 0 Å². The maximum absolute atomic E-state index is 12.6. The Bertz CT molecular complexity index is 989. The fourth-order valence-electron chi connectivity index (χ4n) is 2.82. The molecule has 0 aliphatic rings. The summed E-state index contributed by atoms with van der Waals surface area (Å²) in [5, 5.41) is 11.8. The number of imidazole rings is 1. The summed E-state index contributed by atoms with van der Waals surface area (Å²) in [5.41, 5.74) is 1.33. The van der Waals surface area contributed by atoms with Gasteiger partial charge < -0.3 is 19.4 Å². The summed E-state index contributed by atoms with van der Waals surface area (Å²) >= 11 is 0. The lowest BCUT2D eigenvalue weighted by Gasteiger charge is -2.21. The van der Waals surface area contributed by atoms with Gasteiger partial charge in [-0.15, -0.1) is 0 Å². The average molecular weight is 376 g/mol. The molecule has 1 atom stereocenters. The Balaban J connectivity index is 1.76. The van der Waals surface area contributed by atoms with E-state index >= 15 is 0 Å². The van der Waals surface area contributed by atoms with Crippen LogP contribution in [-0.4, -0.2) is 29.2 Å². The van der Waals surface area contributed by atoms with E-state index in [-0.39, 0.29) is 12.5 Å². The zero-order valence-electron chi connectivity index (χ0n) is 15.6. The standard InChI is InChI=1S/C21H20N4O3/c1-25-12-11-23-21(25)20(17-5-3-4-6-18(17)27-2)24-19(26)14-28-16-9-7-15(13-22)8-10-16/h3-12,20H,14H2,1-2H3,(H,24,26). The quantitative estimate of drug-likeness (QED) is 0.685. The molecule has 2 aromatic carbocycles. The molecule has 0 saturated heterocycles. The van der Waals surface area contributed by atoms with Crippen molar-refractivity contribution in [2.75, 3.05) is 13.7 Å². The summed E-state index contributed by atoms with van der Waals surface area (Å²) < 4.78 is 12.8. The number of hydrogen-bond donors (Lipinski definition) is 1. The summed E-state index contributed by atoms with van der Waals surface area (Å²) in [6.07, 6.45) is 3.49. The molecular weight excluding hydrogens is 356 g/mol. The first-order chi connectivity index (χ1) is 13.6. The monoisotopic (exact) mass is 376 g/mol. The molecule has 142 valence electrons. The Hall–Kier alpha value is -3.79. The van der Waals surface area contributed by atoms with E-state index in [1.807, 2.05) is 48.1 Å². The highest BCUT2D eigenvalue weighted by Gasteiger charge is 2.23. The van der Waals surface area contributed by atoms with Crippen molar-refractivity contribution >= 4 is 5.91 Å². The maximum atomic E-state index is 12.6. The second-order valence-electron chi connectivity index (χ2n) is 6.06. The van der Waals surface area contributed by atoms with Crippen molar-refractivity contribution in [1.82, 2.24) is 14.9 Å². The van der Waals surface area contributed by atoms with Gasteiger partial charge in [0.15, 0.2) is 6.61 Å². The van der Waals surface area contributed by atoms with Gasteiger partial charge in [-0.05, 0) is 30.3 Å². The van der Waals surface area contributed by atoms with Gasteiger partial charge in [0.05, 0.1) is 18.7 Å². The van der Waals surface area contributed by atoms with Crippen LogP contribution < -0.4 is 14.8 Å². The van der Waals surface area contributed by atoms with E-state index in [0.29, 0.717) is 22.9 Å². The molecule has 0 aliphatic carbocycles. The highest BCUT2D eigenvalue weighted by Crippen LogP contribution is 2.28. The lowest BCUT2D eigenvalue weighted by molar-refractivity contribution is -0.123. The summed E-state index contributed by atoms with van der Waals surface area (Å²) in [5.74, 6) is 1.54. The molecule has 0 fully saturated rings. The van der Waals surface area contributed by atoms with Gasteiger partial charge in [-0.25, -0.2) is 4.98 Å². The van der Waals surface area contributed by atoms with Crippen LogP contribution in [0.1, 0.15) is 23.0 Å². The van der Waals surface area contributed by atoms with Crippen LogP contribution >= 0.6 is 0 Å².